The number of nitrogens with zero attached hydrogens (tertiary/aromatic N) is 2. The molecule has 4 aliphatic heterocycles. The molecule has 9 heteroatoms. The number of esters is 2. The maximum Gasteiger partial charge on any atom is 0.349 e. The number of H-pyrrole nitrogens is 2. The summed E-state index contributed by atoms with van der Waals surface area (Å²) >= 11 is 0. The molecular formula is C33H34N4O5. The fourth-order valence-electron chi connectivity index (χ4n) is 5.73. The van der Waals surface area contributed by atoms with Gasteiger partial charge in [0.15, 0.2) is 0 Å². The van der Waals surface area contributed by atoms with Crippen LogP contribution in [-0.2, 0) is 16.0 Å². The van der Waals surface area contributed by atoms with Crippen molar-refractivity contribution in [1.29, 1.82) is 0 Å². The number of carboxylic acid groups (broad SMARTS) is 1. The molecule has 6 rings (SSSR count). The maximum absolute atomic E-state index is 13.0. The predicted molar refractivity (Wildman–Crippen MR) is 162 cm³/mol. The Balaban J connectivity index is 0.000000652. The molecule has 3 N–H and O–H groups in total. The van der Waals surface area contributed by atoms with Crippen molar-refractivity contribution in [3.8, 4) is 0 Å². The molecule has 6 heterocycles. The number of carbonyl (C=O) groups is 3. The van der Waals surface area contributed by atoms with Crippen molar-refractivity contribution in [2.24, 2.45) is 0 Å². The van der Waals surface area contributed by atoms with Crippen LogP contribution in [0.25, 0.3) is 33.3 Å². The van der Waals surface area contributed by atoms with Crippen LogP contribution in [0.1, 0.15) is 114 Å². The van der Waals surface area contributed by atoms with Crippen LogP contribution in [0.4, 0.5) is 0 Å². The number of aliphatic carboxylic acids is 1. The van der Waals surface area contributed by atoms with Gasteiger partial charge in [-0.05, 0) is 74.1 Å². The first-order chi connectivity index (χ1) is 20.0. The Bertz CT molecular complexity index is 1830. The lowest BCUT2D eigenvalue weighted by atomic mass is 9.99. The molecule has 2 aromatic rings. The van der Waals surface area contributed by atoms with E-state index in [-0.39, 0.29) is 12.3 Å². The molecule has 1 unspecified atom stereocenters. The number of fused-ring (bicyclic) bond motifs is 8. The molecule has 8 bridgehead atoms. The highest BCUT2D eigenvalue weighted by Gasteiger charge is 2.33. The van der Waals surface area contributed by atoms with Crippen LogP contribution in [-0.4, -0.2) is 43.0 Å². The molecule has 4 aliphatic rings. The molecule has 0 spiro atoms. The van der Waals surface area contributed by atoms with Crippen LogP contribution in [0, 0.1) is 6.92 Å². The van der Waals surface area contributed by atoms with E-state index >= 15 is 0 Å². The maximum atomic E-state index is 13.0. The molecule has 1 atom stereocenters. The van der Waals surface area contributed by atoms with Crippen molar-refractivity contribution in [2.75, 3.05) is 0 Å². The molecule has 0 amide bonds. The molecule has 216 valence electrons. The fourth-order valence-corrected chi connectivity index (χ4v) is 5.73. The van der Waals surface area contributed by atoms with E-state index in [9.17, 15) is 14.4 Å². The van der Waals surface area contributed by atoms with E-state index in [4.69, 9.17) is 19.8 Å². The summed E-state index contributed by atoms with van der Waals surface area (Å²) in [6, 6.07) is 6.03. The van der Waals surface area contributed by atoms with Gasteiger partial charge in [-0.1, -0.05) is 33.4 Å². The minimum atomic E-state index is -0.745. The zero-order chi connectivity index (χ0) is 30.5. The number of aryl methyl sites for hydroxylation is 1. The molecular weight excluding hydrogens is 532 g/mol. The molecule has 0 aliphatic carbocycles. The Morgan fingerprint density at radius 2 is 1.64 bits per heavy atom. The highest BCUT2D eigenvalue weighted by Crippen LogP contribution is 2.38. The van der Waals surface area contributed by atoms with Gasteiger partial charge in [0, 0.05) is 34.8 Å². The van der Waals surface area contributed by atoms with E-state index < -0.39 is 17.9 Å². The Kier molecular flexibility index (Phi) is 7.45. The van der Waals surface area contributed by atoms with Crippen molar-refractivity contribution in [3.63, 3.8) is 0 Å². The molecule has 42 heavy (non-hydrogen) atoms. The van der Waals surface area contributed by atoms with Crippen LogP contribution in [0.3, 0.4) is 0 Å². The van der Waals surface area contributed by atoms with E-state index in [1.807, 2.05) is 38.1 Å². The van der Waals surface area contributed by atoms with Crippen LogP contribution < -0.4 is 0 Å². The minimum absolute atomic E-state index is 0.123. The number of carboxylic acids is 1. The summed E-state index contributed by atoms with van der Waals surface area (Å²) in [6.45, 7) is 15.8. The SMILES string of the molecule is C=CC1=C(C)c2cc3[nH]c(c4c5[nH]c(cc6nc(cc1n2)C(C)=C6CC)c(C)c5C(=O)OC4=O)CC3C.CCC(=O)O. The number of rotatable bonds is 3. The Labute approximate surface area is 243 Å². The summed E-state index contributed by atoms with van der Waals surface area (Å²) in [5.41, 5.74) is 12.0. The van der Waals surface area contributed by atoms with E-state index in [1.165, 1.54) is 0 Å². The van der Waals surface area contributed by atoms with Crippen molar-refractivity contribution >= 4 is 51.2 Å². The van der Waals surface area contributed by atoms with Gasteiger partial charge in [0.05, 0.1) is 33.9 Å². The van der Waals surface area contributed by atoms with E-state index in [2.05, 4.69) is 37.3 Å². The number of aromatic nitrogens is 4. The van der Waals surface area contributed by atoms with Gasteiger partial charge in [-0.15, -0.1) is 0 Å². The number of nitrogens with one attached hydrogen (secondary N) is 2. The van der Waals surface area contributed by atoms with Crippen molar-refractivity contribution < 1.29 is 24.2 Å². The number of allylic oxidation sites excluding steroid dienone is 5. The van der Waals surface area contributed by atoms with Crippen LogP contribution >= 0.6 is 0 Å². The van der Waals surface area contributed by atoms with Crippen molar-refractivity contribution in [1.82, 2.24) is 19.9 Å². The van der Waals surface area contributed by atoms with Gasteiger partial charge in [-0.25, -0.2) is 19.6 Å². The molecule has 0 fully saturated rings. The van der Waals surface area contributed by atoms with Gasteiger partial charge in [-0.3, -0.25) is 4.79 Å². The second-order valence-corrected chi connectivity index (χ2v) is 10.8. The lowest BCUT2D eigenvalue weighted by molar-refractivity contribution is -0.136. The van der Waals surface area contributed by atoms with E-state index in [0.29, 0.717) is 23.1 Å². The van der Waals surface area contributed by atoms with Gasteiger partial charge in [0.25, 0.3) is 0 Å². The van der Waals surface area contributed by atoms with Crippen molar-refractivity contribution in [2.45, 2.75) is 66.7 Å². The Hall–Kier alpha value is -4.79. The highest BCUT2D eigenvalue weighted by molar-refractivity contribution is 6.18. The molecule has 0 saturated heterocycles. The highest BCUT2D eigenvalue weighted by atomic mass is 16.6. The zero-order valence-electron chi connectivity index (χ0n) is 24.7. The molecule has 9 nitrogen and oxygen atoms in total. The Morgan fingerprint density at radius 3 is 2.29 bits per heavy atom. The summed E-state index contributed by atoms with van der Waals surface area (Å²) in [7, 11) is 0. The van der Waals surface area contributed by atoms with E-state index in [0.717, 1.165) is 74.0 Å². The third-order valence-electron chi connectivity index (χ3n) is 8.17. The van der Waals surface area contributed by atoms with Crippen LogP contribution in [0.2, 0.25) is 0 Å². The average molecular weight is 567 g/mol. The summed E-state index contributed by atoms with van der Waals surface area (Å²) in [4.78, 5) is 52.0. The zero-order valence-corrected chi connectivity index (χ0v) is 24.7. The quantitative estimate of drug-likeness (QED) is 0.270. The normalized spacial score (nSPS) is 16.6. The summed E-state index contributed by atoms with van der Waals surface area (Å²) in [6.07, 6.45) is 3.48. The lowest BCUT2D eigenvalue weighted by Gasteiger charge is -2.11. The van der Waals surface area contributed by atoms with Gasteiger partial charge < -0.3 is 19.8 Å². The smallest absolute Gasteiger partial charge is 0.349 e. The molecule has 0 saturated carbocycles. The second kappa shape index (κ2) is 10.9. The van der Waals surface area contributed by atoms with Crippen LogP contribution in [0.15, 0.2) is 30.9 Å². The fraction of sp³-hybridized carbons (Fsp3) is 0.303. The average Bonchev–Trinajstić information content (AvgIpc) is 3.63. The molecule has 2 aromatic heterocycles. The number of carbonyl (C=O) groups excluding carboxylic acids is 2. The predicted octanol–water partition coefficient (Wildman–Crippen LogP) is 6.94. The number of aromatic amines is 2. The number of hydrogen-bond acceptors (Lipinski definition) is 6. The first-order valence-electron chi connectivity index (χ1n) is 14.1. The number of cyclic esters (lactones) is 2. The summed E-state index contributed by atoms with van der Waals surface area (Å²) in [5.74, 6) is -1.90. The lowest BCUT2D eigenvalue weighted by Crippen LogP contribution is -2.20. The van der Waals surface area contributed by atoms with E-state index in [1.54, 1.807) is 6.92 Å². The first-order valence-corrected chi connectivity index (χ1v) is 14.1. The Morgan fingerprint density at radius 1 is 1.00 bits per heavy atom. The third-order valence-corrected chi connectivity index (χ3v) is 8.17. The van der Waals surface area contributed by atoms with Crippen LogP contribution in [0.5, 0.6) is 0 Å². The largest absolute Gasteiger partial charge is 0.481 e. The van der Waals surface area contributed by atoms with Gasteiger partial charge in [0.2, 0.25) is 0 Å². The summed E-state index contributed by atoms with van der Waals surface area (Å²) in [5, 5.41) is 7.72. The minimum Gasteiger partial charge on any atom is -0.481 e. The van der Waals surface area contributed by atoms with Gasteiger partial charge in [-0.2, -0.15) is 0 Å². The van der Waals surface area contributed by atoms with Crippen molar-refractivity contribution in [3.05, 3.63) is 81.7 Å². The molecule has 0 aromatic carbocycles. The monoisotopic (exact) mass is 566 g/mol. The second-order valence-electron chi connectivity index (χ2n) is 10.8. The molecule has 0 radical (unpaired) electrons. The van der Waals surface area contributed by atoms with Gasteiger partial charge >= 0.3 is 17.9 Å². The summed E-state index contributed by atoms with van der Waals surface area (Å²) < 4.78 is 5.21. The number of ether oxygens (including phenoxy) is 1. The third kappa shape index (κ3) is 4.74. The number of hydrogen-bond donors (Lipinski definition) is 3. The topological polar surface area (TPSA) is 138 Å². The standard InChI is InChI=1S/C30H28N4O3.C3H6O2/c1-7-17-14(4)20-10-19-13(3)9-25(31-19)27-28-26(29(35)37-30(27)36)16(6)22(34-28)12-24-18(8-2)15(5)21(33-24)11-23(17)32-20;1-2-3(4)5/h7,10-13,31,34H,1,8-9H2,2-6H3;2H2,1H3,(H,4,5). The van der Waals surface area contributed by atoms with Gasteiger partial charge in [0.1, 0.15) is 5.56 Å². The first kappa shape index (κ1) is 28.7.